The summed E-state index contributed by atoms with van der Waals surface area (Å²) in [4.78, 5) is 17.4. The molecule has 6 heteroatoms. The van der Waals surface area contributed by atoms with E-state index in [0.29, 0.717) is 12.1 Å². The van der Waals surface area contributed by atoms with Crippen molar-refractivity contribution in [1.82, 2.24) is 14.3 Å². The summed E-state index contributed by atoms with van der Waals surface area (Å²) >= 11 is 0. The number of hydrogen-bond acceptors (Lipinski definition) is 3. The first kappa shape index (κ1) is 24.3. The first-order valence-corrected chi connectivity index (χ1v) is 14.1. The third-order valence-electron chi connectivity index (χ3n) is 6.42. The van der Waals surface area contributed by atoms with Crippen LogP contribution in [0, 0.1) is 0 Å². The zero-order chi connectivity index (χ0) is 24.3. The van der Waals surface area contributed by atoms with Crippen molar-refractivity contribution in [3.8, 4) is 11.3 Å². The molecular weight excluding hydrogens is 442 g/mol. The van der Waals surface area contributed by atoms with Gasteiger partial charge in [0.05, 0.1) is 21.1 Å². The lowest BCUT2D eigenvalue weighted by Gasteiger charge is -2.11. The average Bonchev–Trinajstić information content (AvgIpc) is 3.67. The predicted molar refractivity (Wildman–Crippen MR) is 145 cm³/mol. The maximum atomic E-state index is 12.8. The van der Waals surface area contributed by atoms with Gasteiger partial charge in [0, 0.05) is 40.0 Å². The number of allylic oxidation sites excluding steroid dienone is 1. The van der Waals surface area contributed by atoms with E-state index in [1.165, 1.54) is 24.1 Å². The van der Waals surface area contributed by atoms with Crippen molar-refractivity contribution < 1.29 is 9.00 Å². The van der Waals surface area contributed by atoms with E-state index in [9.17, 15) is 9.00 Å². The molecule has 1 aliphatic carbocycles. The van der Waals surface area contributed by atoms with Crippen molar-refractivity contribution in [2.75, 3.05) is 0 Å². The Balaban J connectivity index is 0.000000636. The van der Waals surface area contributed by atoms with E-state index in [4.69, 9.17) is 0 Å². The second-order valence-corrected chi connectivity index (χ2v) is 11.4. The number of nitrogens with zero attached hydrogens (tertiary/aromatic N) is 2. The molecule has 3 aromatic rings. The summed E-state index contributed by atoms with van der Waals surface area (Å²) < 4.78 is 17.6. The van der Waals surface area contributed by atoms with E-state index in [2.05, 4.69) is 59.1 Å². The van der Waals surface area contributed by atoms with E-state index in [0.717, 1.165) is 47.8 Å². The summed E-state index contributed by atoms with van der Waals surface area (Å²) in [5.74, 6) is 3.45. The summed E-state index contributed by atoms with van der Waals surface area (Å²) in [6.45, 7) is 7.25. The normalized spacial score (nSPS) is 16.0. The Labute approximate surface area is 203 Å². The first-order valence-electron chi connectivity index (χ1n) is 12.4. The molecule has 0 bridgehead atoms. The Hall–Kier alpha value is -2.86. The van der Waals surface area contributed by atoms with Gasteiger partial charge < -0.3 is 4.57 Å². The van der Waals surface area contributed by atoms with Gasteiger partial charge in [-0.05, 0) is 61.0 Å². The Kier molecular flexibility index (Phi) is 7.27. The minimum atomic E-state index is -2.58. The average molecular weight is 478 g/mol. The molecule has 1 unspecified atom stereocenters. The van der Waals surface area contributed by atoms with Crippen LogP contribution in [0.3, 0.4) is 0 Å². The molecule has 1 aromatic carbocycles. The zero-order valence-electron chi connectivity index (χ0n) is 20.5. The lowest BCUT2D eigenvalue weighted by Crippen LogP contribution is -2.33. The predicted octanol–water partition coefficient (Wildman–Crippen LogP) is 6.01. The fraction of sp³-hybridized carbons (Fsp3) is 0.393. The minimum absolute atomic E-state index is 0.0139. The molecule has 0 spiro atoms. The number of fused-ring (bicyclic) bond motifs is 5. The quantitative estimate of drug-likeness (QED) is 0.442. The largest absolute Gasteiger partial charge is 0.336 e. The third-order valence-corrected chi connectivity index (χ3v) is 8.50. The molecule has 5 nitrogen and oxygen atoms in total. The van der Waals surface area contributed by atoms with Crippen molar-refractivity contribution in [3.05, 3.63) is 59.4 Å². The summed E-state index contributed by atoms with van der Waals surface area (Å²) in [6.07, 6.45) is 12.4. The molecule has 5 rings (SSSR count). The second-order valence-electron chi connectivity index (χ2n) is 9.12. The van der Waals surface area contributed by atoms with Crippen LogP contribution in [-0.2, 0) is 22.7 Å². The number of pyridine rings is 1. The molecule has 0 saturated heterocycles. The van der Waals surface area contributed by atoms with E-state index < -0.39 is 9.71 Å². The number of aryl methyl sites for hydroxylation is 1. The summed E-state index contributed by atoms with van der Waals surface area (Å²) in [6, 6.07) is 9.86. The number of benzene rings is 1. The van der Waals surface area contributed by atoms with Crippen LogP contribution < -0.4 is 4.72 Å². The molecule has 34 heavy (non-hydrogen) atoms. The van der Waals surface area contributed by atoms with Gasteiger partial charge in [-0.15, -0.1) is 0 Å². The summed E-state index contributed by atoms with van der Waals surface area (Å²) in [5.41, 5.74) is 6.08. The fourth-order valence-electron chi connectivity index (χ4n) is 4.33. The SMILES string of the molecule is C=S(=O)(NC(=O)c1ccc2c(CCC)c3n(c2c1)CC=Cc1ncccc1-3)C1CC1.CCCC. The first-order chi connectivity index (χ1) is 16.4. The Morgan fingerprint density at radius 3 is 2.62 bits per heavy atom. The van der Waals surface area contributed by atoms with E-state index in [-0.39, 0.29) is 11.2 Å². The molecule has 2 aliphatic rings. The fourth-order valence-corrected chi connectivity index (χ4v) is 5.83. The van der Waals surface area contributed by atoms with Crippen LogP contribution in [0.1, 0.15) is 74.5 Å². The number of rotatable bonds is 6. The van der Waals surface area contributed by atoms with Crippen LogP contribution in [0.15, 0.2) is 42.6 Å². The molecule has 1 amide bonds. The van der Waals surface area contributed by atoms with E-state index in [1.54, 1.807) is 0 Å². The summed E-state index contributed by atoms with van der Waals surface area (Å²) in [7, 11) is -2.58. The minimum Gasteiger partial charge on any atom is -0.336 e. The molecule has 1 atom stereocenters. The topological polar surface area (TPSA) is 64.0 Å². The van der Waals surface area contributed by atoms with Gasteiger partial charge in [-0.3, -0.25) is 14.5 Å². The lowest BCUT2D eigenvalue weighted by molar-refractivity contribution is 0.0982. The Morgan fingerprint density at radius 1 is 1.18 bits per heavy atom. The van der Waals surface area contributed by atoms with Crippen LogP contribution in [0.2, 0.25) is 0 Å². The summed E-state index contributed by atoms with van der Waals surface area (Å²) in [5, 5.41) is 1.17. The van der Waals surface area contributed by atoms with Crippen molar-refractivity contribution in [1.29, 1.82) is 0 Å². The Morgan fingerprint density at radius 2 is 1.94 bits per heavy atom. The maximum Gasteiger partial charge on any atom is 0.262 e. The van der Waals surface area contributed by atoms with Crippen LogP contribution in [0.25, 0.3) is 28.2 Å². The van der Waals surface area contributed by atoms with E-state index >= 15 is 0 Å². The molecular formula is C28H35N3O2S. The molecule has 0 radical (unpaired) electrons. The number of unbranched alkanes of at least 4 members (excludes halogenated alkanes) is 1. The monoisotopic (exact) mass is 477 g/mol. The number of hydrogen-bond donors (Lipinski definition) is 1. The smallest absolute Gasteiger partial charge is 0.262 e. The van der Waals surface area contributed by atoms with Gasteiger partial charge in [0.25, 0.3) is 5.91 Å². The van der Waals surface area contributed by atoms with Crippen molar-refractivity contribution >= 4 is 38.5 Å². The van der Waals surface area contributed by atoms with Crippen LogP contribution in [-0.4, -0.2) is 30.8 Å². The van der Waals surface area contributed by atoms with Crippen molar-refractivity contribution in [3.63, 3.8) is 0 Å². The van der Waals surface area contributed by atoms with Crippen LogP contribution >= 0.6 is 0 Å². The molecule has 1 aliphatic heterocycles. The van der Waals surface area contributed by atoms with Crippen LogP contribution in [0.5, 0.6) is 0 Å². The number of carbonyl (C=O) groups excluding carboxylic acids is 1. The third kappa shape index (κ3) is 4.83. The van der Waals surface area contributed by atoms with Gasteiger partial charge in [-0.1, -0.05) is 52.2 Å². The number of nitrogens with one attached hydrogen (secondary N) is 1. The molecule has 2 aromatic heterocycles. The highest BCUT2D eigenvalue weighted by Crippen LogP contribution is 2.38. The second kappa shape index (κ2) is 10.2. The highest BCUT2D eigenvalue weighted by atomic mass is 32.2. The maximum absolute atomic E-state index is 12.8. The van der Waals surface area contributed by atoms with Gasteiger partial charge in [0.2, 0.25) is 0 Å². The molecule has 180 valence electrons. The van der Waals surface area contributed by atoms with Crippen molar-refractivity contribution in [2.24, 2.45) is 0 Å². The number of amides is 1. The van der Waals surface area contributed by atoms with Gasteiger partial charge in [-0.25, -0.2) is 4.21 Å². The highest BCUT2D eigenvalue weighted by Gasteiger charge is 2.32. The molecule has 1 saturated carbocycles. The van der Waals surface area contributed by atoms with Gasteiger partial charge in [0.1, 0.15) is 0 Å². The highest BCUT2D eigenvalue weighted by molar-refractivity contribution is 7.99. The van der Waals surface area contributed by atoms with Crippen molar-refractivity contribution in [2.45, 2.75) is 71.1 Å². The number of carbonyl (C=O) groups is 1. The number of aromatic nitrogens is 2. The Bertz CT molecular complexity index is 1330. The zero-order valence-corrected chi connectivity index (χ0v) is 21.3. The molecule has 1 N–H and O–H groups in total. The van der Waals surface area contributed by atoms with Crippen LogP contribution in [0.4, 0.5) is 0 Å². The van der Waals surface area contributed by atoms with Gasteiger partial charge in [0.15, 0.2) is 0 Å². The van der Waals surface area contributed by atoms with E-state index in [1.807, 2.05) is 30.5 Å². The molecule has 1 fully saturated rings. The molecule has 3 heterocycles. The van der Waals surface area contributed by atoms with Gasteiger partial charge in [-0.2, -0.15) is 0 Å². The lowest BCUT2D eigenvalue weighted by atomic mass is 10.00. The van der Waals surface area contributed by atoms with Gasteiger partial charge >= 0.3 is 0 Å². The standard InChI is InChI=1S/C24H25N3O2S.C4H10/c1-3-6-19-18-12-9-16(24(28)26-30(2,29)17-10-11-17)15-22(18)27-14-5-8-21-20(23(19)27)7-4-13-25-21;1-3-4-2/h4-5,7-9,12-13,15,17H,2-3,6,10-11,14H2,1H3,(H,26,28,29);3-4H2,1-2H3.